The fraction of sp³-hybridized carbons (Fsp3) is 0.467. The zero-order valence-corrected chi connectivity index (χ0v) is 11.7. The van der Waals surface area contributed by atoms with Crippen LogP contribution in [-0.2, 0) is 16.0 Å². The number of hydrogen-bond acceptors (Lipinski definition) is 3. The molecule has 0 radical (unpaired) electrons. The van der Waals surface area contributed by atoms with E-state index in [0.29, 0.717) is 32.6 Å². The molecule has 0 spiro atoms. The predicted molar refractivity (Wildman–Crippen MR) is 75.3 cm³/mol. The molecule has 2 rings (SSSR count). The summed E-state index contributed by atoms with van der Waals surface area (Å²) in [5.41, 5.74) is 1.02. The summed E-state index contributed by atoms with van der Waals surface area (Å²) < 4.78 is 4.72. The molecule has 0 bridgehead atoms. The lowest BCUT2D eigenvalue weighted by Gasteiger charge is -2.21. The number of amides is 2. The van der Waals surface area contributed by atoms with Crippen molar-refractivity contribution < 1.29 is 14.3 Å². The second-order valence-electron chi connectivity index (χ2n) is 4.85. The van der Waals surface area contributed by atoms with Gasteiger partial charge in [-0.1, -0.05) is 30.3 Å². The first-order valence-corrected chi connectivity index (χ1v) is 6.85. The van der Waals surface area contributed by atoms with Crippen LogP contribution < -0.4 is 0 Å². The van der Waals surface area contributed by atoms with Gasteiger partial charge in [-0.25, -0.2) is 4.79 Å². The number of benzene rings is 1. The van der Waals surface area contributed by atoms with Gasteiger partial charge >= 0.3 is 6.09 Å². The van der Waals surface area contributed by atoms with Crippen molar-refractivity contribution in [1.82, 2.24) is 9.80 Å². The molecule has 1 fully saturated rings. The van der Waals surface area contributed by atoms with Gasteiger partial charge < -0.3 is 14.5 Å². The van der Waals surface area contributed by atoms with E-state index in [-0.39, 0.29) is 12.0 Å². The fourth-order valence-corrected chi connectivity index (χ4v) is 2.36. The zero-order chi connectivity index (χ0) is 14.4. The van der Waals surface area contributed by atoms with Crippen LogP contribution in [0.1, 0.15) is 12.0 Å². The van der Waals surface area contributed by atoms with Crippen molar-refractivity contribution in [3.05, 3.63) is 35.9 Å². The summed E-state index contributed by atoms with van der Waals surface area (Å²) in [5.74, 6) is 0.114. The van der Waals surface area contributed by atoms with E-state index in [1.54, 1.807) is 4.90 Å². The average Bonchev–Trinajstić information content (AvgIpc) is 2.73. The standard InChI is InChI=1S/C15H20N2O3/c1-20-15(19)17-9-5-8-16(10-11-17)14(18)12-13-6-3-2-4-7-13/h2-4,6-7H,5,8-12H2,1H3. The fourth-order valence-electron chi connectivity index (χ4n) is 2.36. The van der Waals surface area contributed by atoms with E-state index in [0.717, 1.165) is 12.0 Å². The maximum absolute atomic E-state index is 12.3. The highest BCUT2D eigenvalue weighted by Gasteiger charge is 2.22. The molecule has 108 valence electrons. The lowest BCUT2D eigenvalue weighted by molar-refractivity contribution is -0.130. The number of methoxy groups -OCH3 is 1. The molecule has 20 heavy (non-hydrogen) atoms. The van der Waals surface area contributed by atoms with Crippen molar-refractivity contribution >= 4 is 12.0 Å². The number of ether oxygens (including phenoxy) is 1. The second kappa shape index (κ2) is 6.93. The van der Waals surface area contributed by atoms with E-state index in [1.165, 1.54) is 7.11 Å². The molecule has 0 unspecified atom stereocenters. The largest absolute Gasteiger partial charge is 0.453 e. The summed E-state index contributed by atoms with van der Waals surface area (Å²) in [4.78, 5) is 27.2. The van der Waals surface area contributed by atoms with E-state index in [4.69, 9.17) is 4.74 Å². The Morgan fingerprint density at radius 1 is 1.05 bits per heavy atom. The Balaban J connectivity index is 1.90. The molecule has 1 aromatic carbocycles. The normalized spacial score (nSPS) is 15.7. The van der Waals surface area contributed by atoms with Gasteiger partial charge in [0, 0.05) is 26.2 Å². The smallest absolute Gasteiger partial charge is 0.409 e. The Labute approximate surface area is 119 Å². The topological polar surface area (TPSA) is 49.9 Å². The van der Waals surface area contributed by atoms with E-state index in [2.05, 4.69) is 0 Å². The zero-order valence-electron chi connectivity index (χ0n) is 11.7. The van der Waals surface area contributed by atoms with Crippen LogP contribution in [-0.4, -0.2) is 55.1 Å². The Kier molecular flexibility index (Phi) is 4.98. The van der Waals surface area contributed by atoms with Gasteiger partial charge in [0.1, 0.15) is 0 Å². The predicted octanol–water partition coefficient (Wildman–Crippen LogP) is 1.53. The minimum Gasteiger partial charge on any atom is -0.453 e. The van der Waals surface area contributed by atoms with Gasteiger partial charge in [0.25, 0.3) is 0 Å². The first kappa shape index (κ1) is 14.4. The molecule has 1 aromatic rings. The van der Waals surface area contributed by atoms with Crippen molar-refractivity contribution in [1.29, 1.82) is 0 Å². The highest BCUT2D eigenvalue weighted by Crippen LogP contribution is 2.08. The maximum atomic E-state index is 12.3. The monoisotopic (exact) mass is 276 g/mol. The highest BCUT2D eigenvalue weighted by atomic mass is 16.5. The molecule has 0 aliphatic carbocycles. The van der Waals surface area contributed by atoms with Crippen LogP contribution in [0.3, 0.4) is 0 Å². The third kappa shape index (κ3) is 3.73. The SMILES string of the molecule is COC(=O)N1CCCN(C(=O)Cc2ccccc2)CC1. The maximum Gasteiger partial charge on any atom is 0.409 e. The van der Waals surface area contributed by atoms with Gasteiger partial charge in [-0.05, 0) is 12.0 Å². The molecule has 5 nitrogen and oxygen atoms in total. The first-order chi connectivity index (χ1) is 9.70. The molecule has 5 heteroatoms. The Morgan fingerprint density at radius 3 is 2.40 bits per heavy atom. The molecule has 0 aromatic heterocycles. The van der Waals surface area contributed by atoms with Crippen molar-refractivity contribution in [3.8, 4) is 0 Å². The van der Waals surface area contributed by atoms with Crippen molar-refractivity contribution in [3.63, 3.8) is 0 Å². The molecule has 2 amide bonds. The van der Waals surface area contributed by atoms with Crippen LogP contribution in [0.4, 0.5) is 4.79 Å². The van der Waals surface area contributed by atoms with Gasteiger partial charge in [0.15, 0.2) is 0 Å². The van der Waals surface area contributed by atoms with Crippen molar-refractivity contribution in [2.75, 3.05) is 33.3 Å². The minimum absolute atomic E-state index is 0.114. The van der Waals surface area contributed by atoms with Gasteiger partial charge in [-0.2, -0.15) is 0 Å². The van der Waals surface area contributed by atoms with Gasteiger partial charge in [-0.3, -0.25) is 4.79 Å². The highest BCUT2D eigenvalue weighted by molar-refractivity contribution is 5.79. The Hall–Kier alpha value is -2.04. The summed E-state index contributed by atoms with van der Waals surface area (Å²) in [6, 6.07) is 9.72. The number of rotatable bonds is 2. The molecular weight excluding hydrogens is 256 g/mol. The molecule has 0 saturated carbocycles. The number of carbonyl (C=O) groups is 2. The second-order valence-corrected chi connectivity index (χ2v) is 4.85. The van der Waals surface area contributed by atoms with Gasteiger partial charge in [0.2, 0.25) is 5.91 Å². The summed E-state index contributed by atoms with van der Waals surface area (Å²) in [6.45, 7) is 2.44. The van der Waals surface area contributed by atoms with Crippen LogP contribution in [0.5, 0.6) is 0 Å². The summed E-state index contributed by atoms with van der Waals surface area (Å²) in [6.07, 6.45) is 0.886. The average molecular weight is 276 g/mol. The number of hydrogen-bond donors (Lipinski definition) is 0. The van der Waals surface area contributed by atoms with Gasteiger partial charge in [-0.15, -0.1) is 0 Å². The van der Waals surface area contributed by atoms with Crippen LogP contribution in [0, 0.1) is 0 Å². The summed E-state index contributed by atoms with van der Waals surface area (Å²) >= 11 is 0. The quantitative estimate of drug-likeness (QED) is 0.823. The van der Waals surface area contributed by atoms with Gasteiger partial charge in [0.05, 0.1) is 13.5 Å². The molecule has 0 atom stereocenters. The molecular formula is C15H20N2O3. The number of carbonyl (C=O) groups excluding carboxylic acids is 2. The van der Waals surface area contributed by atoms with Crippen LogP contribution in [0.2, 0.25) is 0 Å². The van der Waals surface area contributed by atoms with Crippen molar-refractivity contribution in [2.45, 2.75) is 12.8 Å². The van der Waals surface area contributed by atoms with Crippen LogP contribution >= 0.6 is 0 Å². The Bertz CT molecular complexity index is 461. The molecule has 1 saturated heterocycles. The lowest BCUT2D eigenvalue weighted by atomic mass is 10.1. The van der Waals surface area contributed by atoms with E-state index in [1.807, 2.05) is 35.2 Å². The molecule has 0 N–H and O–H groups in total. The van der Waals surface area contributed by atoms with Crippen molar-refractivity contribution in [2.24, 2.45) is 0 Å². The van der Waals surface area contributed by atoms with E-state index < -0.39 is 0 Å². The molecule has 1 heterocycles. The third-order valence-corrected chi connectivity index (χ3v) is 3.48. The van der Waals surface area contributed by atoms with Crippen LogP contribution in [0.15, 0.2) is 30.3 Å². The lowest BCUT2D eigenvalue weighted by Crippen LogP contribution is -2.37. The van der Waals surface area contributed by atoms with E-state index in [9.17, 15) is 9.59 Å². The molecule has 1 aliphatic heterocycles. The summed E-state index contributed by atoms with van der Waals surface area (Å²) in [5, 5.41) is 0. The molecule has 1 aliphatic rings. The third-order valence-electron chi connectivity index (χ3n) is 3.48. The van der Waals surface area contributed by atoms with Crippen LogP contribution in [0.25, 0.3) is 0 Å². The van der Waals surface area contributed by atoms with E-state index >= 15 is 0 Å². The first-order valence-electron chi connectivity index (χ1n) is 6.85. The summed E-state index contributed by atoms with van der Waals surface area (Å²) in [7, 11) is 1.38. The Morgan fingerprint density at radius 2 is 1.70 bits per heavy atom. The number of nitrogens with zero attached hydrogens (tertiary/aromatic N) is 2. The minimum atomic E-state index is -0.317.